The standard InChI is InChI=1S/C18H27N3O5S2/c1-2-14-5-3-4-6-17(14)19-18(22)11-21(16-8-10-28(25,26)13-16)20-15-7-9-27(23,24)12-15/h3-6,15-16,20H,2,7-13H2,1H3,(H,19,22). The smallest absolute Gasteiger partial charge is 0.240 e. The number of rotatable bonds is 7. The Morgan fingerprint density at radius 3 is 2.36 bits per heavy atom. The van der Waals surface area contributed by atoms with E-state index in [4.69, 9.17) is 0 Å². The third-order valence-electron chi connectivity index (χ3n) is 5.22. The fourth-order valence-electron chi connectivity index (χ4n) is 3.73. The van der Waals surface area contributed by atoms with Gasteiger partial charge in [0.05, 0.1) is 29.6 Å². The number of aryl methyl sites for hydroxylation is 1. The van der Waals surface area contributed by atoms with E-state index >= 15 is 0 Å². The molecule has 2 atom stereocenters. The highest BCUT2D eigenvalue weighted by molar-refractivity contribution is 7.91. The summed E-state index contributed by atoms with van der Waals surface area (Å²) < 4.78 is 47.3. The Hall–Kier alpha value is -1.49. The second-order valence-electron chi connectivity index (χ2n) is 7.47. The zero-order chi connectivity index (χ0) is 20.4. The first-order valence-electron chi connectivity index (χ1n) is 9.49. The number of hydrazine groups is 1. The first kappa shape index (κ1) is 21.2. The summed E-state index contributed by atoms with van der Waals surface area (Å²) in [5.74, 6) is -0.100. The van der Waals surface area contributed by atoms with Gasteiger partial charge in [-0.3, -0.25) is 10.2 Å². The van der Waals surface area contributed by atoms with Crippen LogP contribution in [0.2, 0.25) is 0 Å². The molecule has 28 heavy (non-hydrogen) atoms. The molecule has 1 aromatic carbocycles. The molecule has 0 saturated carbocycles. The number of para-hydroxylation sites is 1. The van der Waals surface area contributed by atoms with Crippen molar-refractivity contribution >= 4 is 31.3 Å². The molecule has 2 N–H and O–H groups in total. The summed E-state index contributed by atoms with van der Waals surface area (Å²) in [4.78, 5) is 12.6. The van der Waals surface area contributed by atoms with E-state index in [1.54, 1.807) is 5.01 Å². The highest BCUT2D eigenvalue weighted by Gasteiger charge is 2.36. The molecule has 0 radical (unpaired) electrons. The van der Waals surface area contributed by atoms with E-state index in [1.165, 1.54) is 0 Å². The Balaban J connectivity index is 1.70. The van der Waals surface area contributed by atoms with Gasteiger partial charge >= 0.3 is 0 Å². The summed E-state index contributed by atoms with van der Waals surface area (Å²) >= 11 is 0. The van der Waals surface area contributed by atoms with Gasteiger partial charge in [0.25, 0.3) is 0 Å². The van der Waals surface area contributed by atoms with E-state index in [1.807, 2.05) is 31.2 Å². The van der Waals surface area contributed by atoms with Crippen LogP contribution >= 0.6 is 0 Å². The van der Waals surface area contributed by atoms with Crippen LogP contribution in [0.25, 0.3) is 0 Å². The molecule has 156 valence electrons. The largest absolute Gasteiger partial charge is 0.325 e. The molecule has 1 aromatic rings. The molecule has 0 aromatic heterocycles. The van der Waals surface area contributed by atoms with Gasteiger partial charge in [-0.25, -0.2) is 21.8 Å². The van der Waals surface area contributed by atoms with Crippen LogP contribution in [0.15, 0.2) is 24.3 Å². The van der Waals surface area contributed by atoms with Crippen molar-refractivity contribution < 1.29 is 21.6 Å². The number of anilines is 1. The normalized spacial score (nSPS) is 25.8. The van der Waals surface area contributed by atoms with E-state index in [-0.39, 0.29) is 47.5 Å². The van der Waals surface area contributed by atoms with Crippen molar-refractivity contribution in [2.45, 2.75) is 38.3 Å². The number of amides is 1. The predicted octanol–water partition coefficient (Wildman–Crippen LogP) is 0.368. The second-order valence-corrected chi connectivity index (χ2v) is 11.9. The van der Waals surface area contributed by atoms with Crippen molar-refractivity contribution in [1.82, 2.24) is 10.4 Å². The first-order valence-corrected chi connectivity index (χ1v) is 13.1. The number of carbonyl (C=O) groups is 1. The molecule has 2 heterocycles. The molecule has 3 rings (SSSR count). The molecule has 0 aliphatic carbocycles. The molecule has 1 amide bonds. The average Bonchev–Trinajstić information content (AvgIpc) is 3.16. The van der Waals surface area contributed by atoms with Gasteiger partial charge in [-0.1, -0.05) is 25.1 Å². The summed E-state index contributed by atoms with van der Waals surface area (Å²) in [6, 6.07) is 6.88. The Morgan fingerprint density at radius 1 is 1.07 bits per heavy atom. The lowest BCUT2D eigenvalue weighted by molar-refractivity contribution is -0.118. The van der Waals surface area contributed by atoms with E-state index in [9.17, 15) is 21.6 Å². The quantitative estimate of drug-likeness (QED) is 0.602. The fraction of sp³-hybridized carbons (Fsp3) is 0.611. The zero-order valence-electron chi connectivity index (χ0n) is 15.9. The Bertz CT molecular complexity index is 930. The topological polar surface area (TPSA) is 113 Å². The predicted molar refractivity (Wildman–Crippen MR) is 108 cm³/mol. The summed E-state index contributed by atoms with van der Waals surface area (Å²) in [6.45, 7) is 1.96. The van der Waals surface area contributed by atoms with Crippen LogP contribution in [0.4, 0.5) is 5.69 Å². The molecule has 2 unspecified atom stereocenters. The molecular formula is C18H27N3O5S2. The summed E-state index contributed by atoms with van der Waals surface area (Å²) in [6.07, 6.45) is 1.66. The van der Waals surface area contributed by atoms with Crippen molar-refractivity contribution in [3.05, 3.63) is 29.8 Å². The van der Waals surface area contributed by atoms with Crippen LogP contribution in [0.1, 0.15) is 25.3 Å². The van der Waals surface area contributed by atoms with Crippen molar-refractivity contribution in [2.75, 3.05) is 34.9 Å². The van der Waals surface area contributed by atoms with E-state index < -0.39 is 19.7 Å². The minimum atomic E-state index is -3.13. The van der Waals surface area contributed by atoms with E-state index in [0.717, 1.165) is 17.7 Å². The summed E-state index contributed by atoms with van der Waals surface area (Å²) in [7, 11) is -6.22. The van der Waals surface area contributed by atoms with Crippen LogP contribution < -0.4 is 10.7 Å². The third kappa shape index (κ3) is 5.53. The zero-order valence-corrected chi connectivity index (χ0v) is 17.6. The Kier molecular flexibility index (Phi) is 6.43. The number of sulfone groups is 2. The van der Waals surface area contributed by atoms with Gasteiger partial charge in [0, 0.05) is 17.8 Å². The van der Waals surface area contributed by atoms with Crippen molar-refractivity contribution in [2.24, 2.45) is 0 Å². The molecule has 2 aliphatic rings. The minimum absolute atomic E-state index is 0.00323. The number of hydrogen-bond donors (Lipinski definition) is 2. The van der Waals surface area contributed by atoms with Crippen LogP contribution in [0, 0.1) is 0 Å². The molecule has 2 fully saturated rings. The highest BCUT2D eigenvalue weighted by Crippen LogP contribution is 2.20. The van der Waals surface area contributed by atoms with Gasteiger partial charge in [0.1, 0.15) is 0 Å². The number of benzene rings is 1. The van der Waals surface area contributed by atoms with E-state index in [2.05, 4.69) is 10.7 Å². The third-order valence-corrected chi connectivity index (χ3v) is 8.73. The SMILES string of the molecule is CCc1ccccc1NC(=O)CN(NC1CCS(=O)(=O)C1)C1CCS(=O)(=O)C1. The molecule has 8 nitrogen and oxygen atoms in total. The van der Waals surface area contributed by atoms with Gasteiger partial charge in [0.15, 0.2) is 19.7 Å². The van der Waals surface area contributed by atoms with Crippen molar-refractivity contribution in [3.63, 3.8) is 0 Å². The average molecular weight is 430 g/mol. The number of carbonyl (C=O) groups excluding carboxylic acids is 1. The molecule has 2 aliphatic heterocycles. The van der Waals surface area contributed by atoms with E-state index in [0.29, 0.717) is 12.8 Å². The summed E-state index contributed by atoms with van der Waals surface area (Å²) in [5.41, 5.74) is 4.87. The van der Waals surface area contributed by atoms with Gasteiger partial charge < -0.3 is 5.32 Å². The van der Waals surface area contributed by atoms with Gasteiger partial charge in [-0.2, -0.15) is 0 Å². The second kappa shape index (κ2) is 8.48. The monoisotopic (exact) mass is 429 g/mol. The van der Waals surface area contributed by atoms with Crippen LogP contribution in [0.3, 0.4) is 0 Å². The minimum Gasteiger partial charge on any atom is -0.325 e. The number of hydrogen-bond acceptors (Lipinski definition) is 7. The maximum atomic E-state index is 12.6. The van der Waals surface area contributed by atoms with Gasteiger partial charge in [0.2, 0.25) is 5.91 Å². The van der Waals surface area contributed by atoms with Crippen LogP contribution in [0.5, 0.6) is 0 Å². The Labute approximate surface area is 166 Å². The lowest BCUT2D eigenvalue weighted by Gasteiger charge is -2.30. The molecule has 2 saturated heterocycles. The van der Waals surface area contributed by atoms with Gasteiger partial charge in [-0.15, -0.1) is 0 Å². The Morgan fingerprint density at radius 2 is 1.75 bits per heavy atom. The highest BCUT2D eigenvalue weighted by atomic mass is 32.2. The van der Waals surface area contributed by atoms with Crippen molar-refractivity contribution in [3.8, 4) is 0 Å². The molecule has 0 bridgehead atoms. The number of nitrogens with one attached hydrogen (secondary N) is 2. The number of nitrogens with zero attached hydrogens (tertiary/aromatic N) is 1. The lowest BCUT2D eigenvalue weighted by atomic mass is 10.1. The molecule has 0 spiro atoms. The van der Waals surface area contributed by atoms with Crippen LogP contribution in [-0.4, -0.2) is 69.4 Å². The lowest BCUT2D eigenvalue weighted by Crippen LogP contribution is -2.54. The van der Waals surface area contributed by atoms with Gasteiger partial charge in [-0.05, 0) is 30.9 Å². The maximum absolute atomic E-state index is 12.6. The summed E-state index contributed by atoms with van der Waals surface area (Å²) in [5, 5.41) is 4.51. The van der Waals surface area contributed by atoms with Crippen LogP contribution in [-0.2, 0) is 30.9 Å². The molecular weight excluding hydrogens is 402 g/mol. The molecule has 10 heteroatoms. The fourth-order valence-corrected chi connectivity index (χ4v) is 7.12. The first-order chi connectivity index (χ1) is 13.2. The maximum Gasteiger partial charge on any atom is 0.240 e. The van der Waals surface area contributed by atoms with Crippen molar-refractivity contribution in [1.29, 1.82) is 0 Å².